The van der Waals surface area contributed by atoms with E-state index in [9.17, 15) is 4.79 Å². The minimum Gasteiger partial charge on any atom is -0.454 e. The highest BCUT2D eigenvalue weighted by atomic mass is 16.8. The van der Waals surface area contributed by atoms with Crippen LogP contribution in [0.4, 0.5) is 0 Å². The molecule has 0 amide bonds. The van der Waals surface area contributed by atoms with E-state index in [-0.39, 0.29) is 5.97 Å². The smallest absolute Gasteiger partial charge is 0.338 e. The predicted molar refractivity (Wildman–Crippen MR) is 79.3 cm³/mol. The summed E-state index contributed by atoms with van der Waals surface area (Å²) in [5.74, 6) is -1.20. The van der Waals surface area contributed by atoms with Gasteiger partial charge < -0.3 is 18.9 Å². The Bertz CT molecular complexity index is 555. The topological polar surface area (TPSA) is 54.0 Å². The van der Waals surface area contributed by atoms with Gasteiger partial charge in [0.25, 0.3) is 0 Å². The number of hydrogen-bond acceptors (Lipinski definition) is 5. The molecular weight excluding hydrogens is 284 g/mol. The number of methoxy groups -OCH3 is 1. The number of hydrogen-bond donors (Lipinski definition) is 0. The molecule has 1 aromatic carbocycles. The first kappa shape index (κ1) is 15.5. The standard InChI is InChI=1S/C17H22O5/c1-16(2)20-12-13(21-16)15(18)22-17(3,14(12)19-4)10-11-8-6-5-7-9-11/h5-9,12-14H,10H2,1-4H3/t12-,13+,14+,17-/m0/s1. The molecule has 3 rings (SSSR count). The summed E-state index contributed by atoms with van der Waals surface area (Å²) in [6.07, 6.45) is -1.03. The maximum atomic E-state index is 12.3. The molecule has 5 nitrogen and oxygen atoms in total. The molecule has 2 fully saturated rings. The highest BCUT2D eigenvalue weighted by Crippen LogP contribution is 2.41. The molecule has 2 aliphatic rings. The second-order valence-electron chi connectivity index (χ2n) is 6.57. The van der Waals surface area contributed by atoms with Gasteiger partial charge in [-0.2, -0.15) is 0 Å². The Kier molecular flexibility index (Phi) is 3.75. The summed E-state index contributed by atoms with van der Waals surface area (Å²) in [6, 6.07) is 9.90. The van der Waals surface area contributed by atoms with Crippen LogP contribution in [0.25, 0.3) is 0 Å². The molecular formula is C17H22O5. The summed E-state index contributed by atoms with van der Waals surface area (Å²) in [4.78, 5) is 12.3. The molecule has 0 aromatic heterocycles. The highest BCUT2D eigenvalue weighted by Gasteiger charge is 2.60. The Morgan fingerprint density at radius 3 is 2.45 bits per heavy atom. The molecule has 0 radical (unpaired) electrons. The van der Waals surface area contributed by atoms with Crippen molar-refractivity contribution in [3.05, 3.63) is 35.9 Å². The van der Waals surface area contributed by atoms with Gasteiger partial charge in [0, 0.05) is 13.5 Å². The second-order valence-corrected chi connectivity index (χ2v) is 6.57. The Balaban J connectivity index is 1.90. The average molecular weight is 306 g/mol. The van der Waals surface area contributed by atoms with E-state index in [1.807, 2.05) is 37.3 Å². The molecule has 0 N–H and O–H groups in total. The van der Waals surface area contributed by atoms with Crippen LogP contribution in [0.3, 0.4) is 0 Å². The van der Waals surface area contributed by atoms with Crippen molar-refractivity contribution < 1.29 is 23.7 Å². The molecule has 4 atom stereocenters. The Labute approximate surface area is 130 Å². The first-order chi connectivity index (χ1) is 10.3. The lowest BCUT2D eigenvalue weighted by atomic mass is 9.83. The quantitative estimate of drug-likeness (QED) is 0.800. The maximum absolute atomic E-state index is 12.3. The van der Waals surface area contributed by atoms with E-state index in [0.29, 0.717) is 6.42 Å². The number of fused-ring (bicyclic) bond motifs is 1. The number of benzene rings is 1. The van der Waals surface area contributed by atoms with Crippen molar-refractivity contribution in [2.75, 3.05) is 7.11 Å². The molecule has 0 unspecified atom stereocenters. The van der Waals surface area contributed by atoms with Gasteiger partial charge in [-0.3, -0.25) is 0 Å². The Hall–Kier alpha value is -1.43. The van der Waals surface area contributed by atoms with Crippen molar-refractivity contribution in [3.8, 4) is 0 Å². The molecule has 2 heterocycles. The van der Waals surface area contributed by atoms with Crippen molar-refractivity contribution in [2.45, 2.75) is 56.9 Å². The monoisotopic (exact) mass is 306 g/mol. The fourth-order valence-corrected chi connectivity index (χ4v) is 3.41. The highest BCUT2D eigenvalue weighted by molar-refractivity contribution is 5.77. The van der Waals surface area contributed by atoms with Crippen molar-refractivity contribution in [1.29, 1.82) is 0 Å². The van der Waals surface area contributed by atoms with E-state index in [2.05, 4.69) is 0 Å². The first-order valence-corrected chi connectivity index (χ1v) is 7.50. The van der Waals surface area contributed by atoms with Crippen LogP contribution < -0.4 is 0 Å². The van der Waals surface area contributed by atoms with Crippen molar-refractivity contribution in [3.63, 3.8) is 0 Å². The molecule has 22 heavy (non-hydrogen) atoms. The fourth-order valence-electron chi connectivity index (χ4n) is 3.41. The Morgan fingerprint density at radius 2 is 1.82 bits per heavy atom. The zero-order valence-corrected chi connectivity index (χ0v) is 13.4. The van der Waals surface area contributed by atoms with Gasteiger partial charge in [-0.25, -0.2) is 4.79 Å². The van der Waals surface area contributed by atoms with Crippen LogP contribution in [0, 0.1) is 0 Å². The lowest BCUT2D eigenvalue weighted by Gasteiger charge is -2.43. The number of carbonyl (C=O) groups is 1. The molecule has 2 aliphatic heterocycles. The van der Waals surface area contributed by atoms with Gasteiger partial charge in [0.1, 0.15) is 17.8 Å². The largest absolute Gasteiger partial charge is 0.454 e. The van der Waals surface area contributed by atoms with E-state index in [4.69, 9.17) is 18.9 Å². The molecule has 0 saturated carbocycles. The van der Waals surface area contributed by atoms with Gasteiger partial charge in [0.05, 0.1) is 0 Å². The van der Waals surface area contributed by atoms with E-state index < -0.39 is 29.7 Å². The molecule has 5 heteroatoms. The van der Waals surface area contributed by atoms with Crippen molar-refractivity contribution >= 4 is 5.97 Å². The summed E-state index contributed by atoms with van der Waals surface area (Å²) in [5, 5.41) is 0. The van der Waals surface area contributed by atoms with Crippen LogP contribution in [0.1, 0.15) is 26.3 Å². The van der Waals surface area contributed by atoms with Crippen LogP contribution in [0.2, 0.25) is 0 Å². The third-order valence-electron chi connectivity index (χ3n) is 4.25. The predicted octanol–water partition coefficient (Wildman–Crippen LogP) is 2.08. The molecule has 2 saturated heterocycles. The van der Waals surface area contributed by atoms with E-state index in [1.165, 1.54) is 0 Å². The maximum Gasteiger partial charge on any atom is 0.338 e. The molecule has 0 aliphatic carbocycles. The van der Waals surface area contributed by atoms with Crippen molar-refractivity contribution in [2.24, 2.45) is 0 Å². The molecule has 0 spiro atoms. The summed E-state index contributed by atoms with van der Waals surface area (Å²) in [5.41, 5.74) is 0.287. The normalized spacial score (nSPS) is 36.7. The van der Waals surface area contributed by atoms with E-state index in [1.54, 1.807) is 21.0 Å². The lowest BCUT2D eigenvalue weighted by molar-refractivity contribution is -0.214. The fraction of sp³-hybridized carbons (Fsp3) is 0.588. The van der Waals surface area contributed by atoms with Crippen LogP contribution in [-0.2, 0) is 30.2 Å². The van der Waals surface area contributed by atoms with Gasteiger partial charge in [-0.1, -0.05) is 30.3 Å². The number of rotatable bonds is 3. The Morgan fingerprint density at radius 1 is 1.14 bits per heavy atom. The number of ether oxygens (including phenoxy) is 4. The zero-order valence-electron chi connectivity index (χ0n) is 13.4. The van der Waals surface area contributed by atoms with Gasteiger partial charge in [-0.05, 0) is 26.3 Å². The second kappa shape index (κ2) is 5.33. The summed E-state index contributed by atoms with van der Waals surface area (Å²) in [6.45, 7) is 5.47. The summed E-state index contributed by atoms with van der Waals surface area (Å²) < 4.78 is 22.9. The summed E-state index contributed by atoms with van der Waals surface area (Å²) >= 11 is 0. The van der Waals surface area contributed by atoms with Crippen LogP contribution in [0.5, 0.6) is 0 Å². The lowest BCUT2D eigenvalue weighted by Crippen LogP contribution is -2.62. The first-order valence-electron chi connectivity index (χ1n) is 7.50. The van der Waals surface area contributed by atoms with Gasteiger partial charge in [-0.15, -0.1) is 0 Å². The van der Waals surface area contributed by atoms with Gasteiger partial charge >= 0.3 is 5.97 Å². The minimum atomic E-state index is -0.816. The SMILES string of the molecule is CO[C@@H]1[C@H]2OC(C)(C)O[C@H]2C(=O)O[C@@]1(C)Cc1ccccc1. The van der Waals surface area contributed by atoms with Gasteiger partial charge in [0.15, 0.2) is 11.9 Å². The number of carbonyl (C=O) groups excluding carboxylic acids is 1. The molecule has 0 bridgehead atoms. The average Bonchev–Trinajstić information content (AvgIpc) is 2.76. The van der Waals surface area contributed by atoms with Gasteiger partial charge in [0.2, 0.25) is 0 Å². The third kappa shape index (κ3) is 2.64. The molecule has 1 aromatic rings. The third-order valence-corrected chi connectivity index (χ3v) is 4.25. The summed E-state index contributed by atoms with van der Waals surface area (Å²) in [7, 11) is 1.61. The zero-order chi connectivity index (χ0) is 16.0. The van der Waals surface area contributed by atoms with E-state index in [0.717, 1.165) is 5.56 Å². The van der Waals surface area contributed by atoms with Crippen molar-refractivity contribution in [1.82, 2.24) is 0 Å². The number of cyclic esters (lactones) is 1. The van der Waals surface area contributed by atoms with Crippen LogP contribution in [0.15, 0.2) is 30.3 Å². The minimum absolute atomic E-state index is 0.387. The van der Waals surface area contributed by atoms with Crippen LogP contribution in [-0.4, -0.2) is 42.8 Å². The molecule has 120 valence electrons. The van der Waals surface area contributed by atoms with Crippen LogP contribution >= 0.6 is 0 Å². The number of esters is 1. The van der Waals surface area contributed by atoms with E-state index >= 15 is 0 Å².